The molecule has 1 aliphatic rings. The van der Waals surface area contributed by atoms with Crippen LogP contribution in [-0.2, 0) is 11.2 Å². The number of benzene rings is 2. The molecule has 1 aliphatic heterocycles. The number of carbonyl (C=O) groups excluding carboxylic acids is 2. The van der Waals surface area contributed by atoms with E-state index in [1.54, 1.807) is 12.0 Å². The fraction of sp³-hybridized carbons (Fsp3) is 0.318. The number of piperidine rings is 1. The number of carbonyl (C=O) groups is 2. The summed E-state index contributed by atoms with van der Waals surface area (Å²) in [5.74, 6) is 0.315. The van der Waals surface area contributed by atoms with Crippen molar-refractivity contribution in [2.45, 2.75) is 25.3 Å². The van der Waals surface area contributed by atoms with E-state index in [4.69, 9.17) is 4.74 Å². The number of fused-ring (bicyclic) bond motifs is 1. The molecule has 10 nitrogen and oxygen atoms in total. The lowest BCUT2D eigenvalue weighted by Gasteiger charge is -2.32. The molecule has 2 N–H and O–H groups in total. The van der Waals surface area contributed by atoms with Gasteiger partial charge in [0, 0.05) is 42.2 Å². The van der Waals surface area contributed by atoms with Gasteiger partial charge in [-0.25, -0.2) is 0 Å². The second-order valence-corrected chi connectivity index (χ2v) is 7.68. The van der Waals surface area contributed by atoms with Crippen LogP contribution < -0.4 is 10.1 Å². The minimum Gasteiger partial charge on any atom is -0.496 e. The molecule has 166 valence electrons. The van der Waals surface area contributed by atoms with Crippen molar-refractivity contribution in [3.05, 3.63) is 63.8 Å². The third kappa shape index (κ3) is 4.39. The lowest BCUT2D eigenvalue weighted by Crippen LogP contribution is -2.47. The van der Waals surface area contributed by atoms with Gasteiger partial charge in [-0.2, -0.15) is 5.10 Å². The SMILES string of the molecule is COc1ccccc1CC(=O)N1CCC(NC(=O)c2n[nH]c3ccc([N+](=O)[O-])cc23)CC1. The number of likely N-dealkylation sites (tertiary alicyclic amines) is 1. The van der Waals surface area contributed by atoms with Gasteiger partial charge in [0.25, 0.3) is 11.6 Å². The number of nitro benzene ring substituents is 1. The summed E-state index contributed by atoms with van der Waals surface area (Å²) in [5.41, 5.74) is 1.42. The summed E-state index contributed by atoms with van der Waals surface area (Å²) in [6.07, 6.45) is 1.50. The summed E-state index contributed by atoms with van der Waals surface area (Å²) in [7, 11) is 1.58. The van der Waals surface area contributed by atoms with Crippen molar-refractivity contribution < 1.29 is 19.2 Å². The molecule has 0 saturated carbocycles. The Hall–Kier alpha value is -3.95. The number of rotatable bonds is 6. The van der Waals surface area contributed by atoms with Gasteiger partial charge in [-0.15, -0.1) is 0 Å². The molecule has 2 aromatic carbocycles. The number of hydrogen-bond acceptors (Lipinski definition) is 6. The lowest BCUT2D eigenvalue weighted by atomic mass is 10.0. The number of nitrogens with one attached hydrogen (secondary N) is 2. The normalized spacial score (nSPS) is 14.3. The van der Waals surface area contributed by atoms with Crippen LogP contribution in [0.1, 0.15) is 28.9 Å². The van der Waals surface area contributed by atoms with Gasteiger partial charge in [0.05, 0.1) is 24.0 Å². The standard InChI is InChI=1S/C22H23N5O5/c1-32-19-5-3-2-4-14(19)12-20(28)26-10-8-15(9-11-26)23-22(29)21-17-13-16(27(30)31)6-7-18(17)24-25-21/h2-7,13,15H,8-12H2,1H3,(H,23,29)(H,24,25). The fourth-order valence-electron chi connectivity index (χ4n) is 3.94. The maximum absolute atomic E-state index is 12.7. The van der Waals surface area contributed by atoms with Gasteiger partial charge in [0.2, 0.25) is 5.91 Å². The number of methoxy groups -OCH3 is 1. The Morgan fingerprint density at radius 3 is 2.72 bits per heavy atom. The van der Waals surface area contributed by atoms with Crippen LogP contribution in [0.3, 0.4) is 0 Å². The first kappa shape index (κ1) is 21.3. The number of nitro groups is 1. The molecule has 4 rings (SSSR count). The average molecular weight is 437 g/mol. The molecular weight excluding hydrogens is 414 g/mol. The van der Waals surface area contributed by atoms with Gasteiger partial charge >= 0.3 is 0 Å². The number of nitrogens with zero attached hydrogens (tertiary/aromatic N) is 3. The van der Waals surface area contributed by atoms with Crippen molar-refractivity contribution in [3.8, 4) is 5.75 Å². The highest BCUT2D eigenvalue weighted by Crippen LogP contribution is 2.23. The molecule has 3 aromatic rings. The second kappa shape index (κ2) is 9.04. The Kier molecular flexibility index (Phi) is 6.02. The summed E-state index contributed by atoms with van der Waals surface area (Å²) < 4.78 is 5.32. The van der Waals surface area contributed by atoms with Gasteiger partial charge in [0.1, 0.15) is 5.75 Å². The van der Waals surface area contributed by atoms with Crippen LogP contribution in [0.5, 0.6) is 5.75 Å². The Labute approximate surface area is 183 Å². The number of H-pyrrole nitrogens is 1. The topological polar surface area (TPSA) is 130 Å². The molecular formula is C22H23N5O5. The highest BCUT2D eigenvalue weighted by atomic mass is 16.6. The van der Waals surface area contributed by atoms with Crippen LogP contribution in [0.15, 0.2) is 42.5 Å². The van der Waals surface area contributed by atoms with Crippen LogP contribution in [0.25, 0.3) is 10.9 Å². The third-order valence-corrected chi connectivity index (χ3v) is 5.69. The van der Waals surface area contributed by atoms with Crippen molar-refractivity contribution in [2.24, 2.45) is 0 Å². The van der Waals surface area contributed by atoms with Crippen LogP contribution in [0.4, 0.5) is 5.69 Å². The highest BCUT2D eigenvalue weighted by molar-refractivity contribution is 6.05. The summed E-state index contributed by atoms with van der Waals surface area (Å²) >= 11 is 0. The van der Waals surface area contributed by atoms with Gasteiger partial charge in [0.15, 0.2) is 5.69 Å². The lowest BCUT2D eigenvalue weighted by molar-refractivity contribution is -0.384. The third-order valence-electron chi connectivity index (χ3n) is 5.69. The zero-order valence-electron chi connectivity index (χ0n) is 17.5. The van der Waals surface area contributed by atoms with Crippen molar-refractivity contribution in [1.29, 1.82) is 0 Å². The van der Waals surface area contributed by atoms with E-state index in [1.807, 2.05) is 24.3 Å². The zero-order chi connectivity index (χ0) is 22.7. The minimum atomic E-state index is -0.508. The van der Waals surface area contributed by atoms with E-state index < -0.39 is 10.8 Å². The Morgan fingerprint density at radius 2 is 2.00 bits per heavy atom. The molecule has 10 heteroatoms. The van der Waals surface area contributed by atoms with E-state index in [1.165, 1.54) is 18.2 Å². The molecule has 1 fully saturated rings. The monoisotopic (exact) mass is 437 g/mol. The number of para-hydroxylation sites is 1. The number of non-ortho nitro benzene ring substituents is 1. The summed E-state index contributed by atoms with van der Waals surface area (Å²) in [6, 6.07) is 11.6. The van der Waals surface area contributed by atoms with Gasteiger partial charge in [-0.3, -0.25) is 24.8 Å². The molecule has 1 aromatic heterocycles. The van der Waals surface area contributed by atoms with Gasteiger partial charge in [-0.05, 0) is 25.0 Å². The van der Waals surface area contributed by atoms with E-state index in [9.17, 15) is 19.7 Å². The molecule has 0 bridgehead atoms. The number of ether oxygens (including phenoxy) is 1. The molecule has 0 radical (unpaired) electrons. The van der Waals surface area contributed by atoms with Crippen LogP contribution in [-0.4, -0.2) is 58.1 Å². The van der Waals surface area contributed by atoms with Crippen molar-refractivity contribution >= 4 is 28.4 Å². The minimum absolute atomic E-state index is 0.0184. The first-order chi connectivity index (χ1) is 15.5. The Bertz CT molecular complexity index is 1170. The average Bonchev–Trinajstić information content (AvgIpc) is 3.23. The maximum atomic E-state index is 12.7. The quantitative estimate of drug-likeness (QED) is 0.450. The predicted octanol–water partition coefficient (Wildman–Crippen LogP) is 2.44. The largest absolute Gasteiger partial charge is 0.496 e. The van der Waals surface area contributed by atoms with Gasteiger partial charge in [-0.1, -0.05) is 18.2 Å². The van der Waals surface area contributed by atoms with E-state index in [0.29, 0.717) is 42.6 Å². The predicted molar refractivity (Wildman–Crippen MR) is 117 cm³/mol. The van der Waals surface area contributed by atoms with E-state index in [0.717, 1.165) is 5.56 Å². The molecule has 0 unspecified atom stereocenters. The molecule has 0 atom stereocenters. The number of aromatic amines is 1. The molecule has 0 aliphatic carbocycles. The highest BCUT2D eigenvalue weighted by Gasteiger charge is 2.26. The molecule has 2 amide bonds. The fourth-order valence-corrected chi connectivity index (χ4v) is 3.94. The number of aromatic nitrogens is 2. The molecule has 0 spiro atoms. The smallest absolute Gasteiger partial charge is 0.272 e. The number of amides is 2. The summed E-state index contributed by atoms with van der Waals surface area (Å²) in [5, 5.41) is 21.1. The first-order valence-corrected chi connectivity index (χ1v) is 10.3. The van der Waals surface area contributed by atoms with Crippen molar-refractivity contribution in [2.75, 3.05) is 20.2 Å². The van der Waals surface area contributed by atoms with E-state index >= 15 is 0 Å². The Morgan fingerprint density at radius 1 is 1.25 bits per heavy atom. The molecule has 32 heavy (non-hydrogen) atoms. The molecule has 2 heterocycles. The first-order valence-electron chi connectivity index (χ1n) is 10.3. The second-order valence-electron chi connectivity index (χ2n) is 7.68. The van der Waals surface area contributed by atoms with Crippen LogP contribution >= 0.6 is 0 Å². The summed E-state index contributed by atoms with van der Waals surface area (Å²) in [6.45, 7) is 1.07. The maximum Gasteiger partial charge on any atom is 0.272 e. The summed E-state index contributed by atoms with van der Waals surface area (Å²) in [4.78, 5) is 37.8. The van der Waals surface area contributed by atoms with E-state index in [2.05, 4.69) is 15.5 Å². The van der Waals surface area contributed by atoms with E-state index in [-0.39, 0.29) is 29.8 Å². The molecule has 1 saturated heterocycles. The van der Waals surface area contributed by atoms with Crippen LogP contribution in [0, 0.1) is 10.1 Å². The van der Waals surface area contributed by atoms with Crippen molar-refractivity contribution in [3.63, 3.8) is 0 Å². The van der Waals surface area contributed by atoms with Crippen molar-refractivity contribution in [1.82, 2.24) is 20.4 Å². The number of hydrogen-bond donors (Lipinski definition) is 2. The van der Waals surface area contributed by atoms with Gasteiger partial charge < -0.3 is 15.0 Å². The Balaban J connectivity index is 1.35. The zero-order valence-corrected chi connectivity index (χ0v) is 17.5. The van der Waals surface area contributed by atoms with Crippen LogP contribution in [0.2, 0.25) is 0 Å².